The number of nitrogens with zero attached hydrogens (tertiary/aromatic N) is 3. The quantitative estimate of drug-likeness (QED) is 0.484. The Balaban J connectivity index is 1.34. The minimum Gasteiger partial charge on any atom is -0.354 e. The highest BCUT2D eigenvalue weighted by molar-refractivity contribution is 8.00. The molecule has 2 amide bonds. The molecule has 4 rings (SSSR count). The van der Waals surface area contributed by atoms with Gasteiger partial charge in [0.05, 0.1) is 11.4 Å². The maximum absolute atomic E-state index is 12.6. The van der Waals surface area contributed by atoms with E-state index in [1.165, 1.54) is 17.3 Å². The molecule has 0 fully saturated rings. The van der Waals surface area contributed by atoms with Gasteiger partial charge in [0, 0.05) is 40.9 Å². The number of hydrogen-bond donors (Lipinski definition) is 2. The molecule has 7 nitrogen and oxygen atoms in total. The number of carbonyl (C=O) groups is 2. The van der Waals surface area contributed by atoms with E-state index in [1.54, 1.807) is 28.8 Å². The first kappa shape index (κ1) is 21.5. The number of anilines is 1. The van der Waals surface area contributed by atoms with Gasteiger partial charge in [-0.2, -0.15) is 16.9 Å². The van der Waals surface area contributed by atoms with E-state index < -0.39 is 0 Å². The molecule has 9 heteroatoms. The molecule has 0 atom stereocenters. The predicted molar refractivity (Wildman–Crippen MR) is 124 cm³/mol. The van der Waals surface area contributed by atoms with Gasteiger partial charge in [-0.25, -0.2) is 4.68 Å². The molecule has 0 saturated heterocycles. The van der Waals surface area contributed by atoms with Crippen LogP contribution in [0.3, 0.4) is 0 Å². The monoisotopic (exact) mass is 453 g/mol. The van der Waals surface area contributed by atoms with Crippen LogP contribution in [0.1, 0.15) is 16.8 Å². The molecule has 1 aliphatic heterocycles. The molecule has 0 unspecified atom stereocenters. The lowest BCUT2D eigenvalue weighted by Gasteiger charge is -2.11. The van der Waals surface area contributed by atoms with Crippen LogP contribution >= 0.6 is 23.5 Å². The average Bonchev–Trinajstić information content (AvgIpc) is 3.36. The number of benzene rings is 1. The summed E-state index contributed by atoms with van der Waals surface area (Å²) < 4.78 is 1.62. The third-order valence-corrected chi connectivity index (χ3v) is 6.75. The van der Waals surface area contributed by atoms with Crippen LogP contribution in [0, 0.1) is 0 Å². The van der Waals surface area contributed by atoms with Gasteiger partial charge in [0.1, 0.15) is 12.4 Å². The van der Waals surface area contributed by atoms with Crippen molar-refractivity contribution < 1.29 is 9.59 Å². The minimum atomic E-state index is -0.119. The van der Waals surface area contributed by atoms with Gasteiger partial charge in [-0.3, -0.25) is 14.6 Å². The van der Waals surface area contributed by atoms with Gasteiger partial charge in [0.15, 0.2) is 0 Å². The molecule has 0 spiro atoms. The first-order valence-corrected chi connectivity index (χ1v) is 12.1. The number of amides is 2. The Kier molecular flexibility index (Phi) is 7.26. The van der Waals surface area contributed by atoms with E-state index >= 15 is 0 Å². The number of aromatic nitrogens is 3. The molecule has 0 radical (unpaired) electrons. The van der Waals surface area contributed by atoms with Crippen LogP contribution in [0.5, 0.6) is 0 Å². The van der Waals surface area contributed by atoms with Gasteiger partial charge in [0.25, 0.3) is 0 Å². The number of pyridine rings is 1. The lowest BCUT2D eigenvalue weighted by molar-refractivity contribution is -0.122. The molecule has 0 aliphatic carbocycles. The van der Waals surface area contributed by atoms with Crippen molar-refractivity contribution >= 4 is 41.2 Å². The third-order valence-electron chi connectivity index (χ3n) is 4.77. The predicted octanol–water partition coefficient (Wildman–Crippen LogP) is 3.11. The molecule has 1 aromatic carbocycles. The molecule has 31 heavy (non-hydrogen) atoms. The summed E-state index contributed by atoms with van der Waals surface area (Å²) in [5, 5.41) is 10.5. The van der Waals surface area contributed by atoms with Crippen LogP contribution in [-0.2, 0) is 34.1 Å². The summed E-state index contributed by atoms with van der Waals surface area (Å²) in [5.41, 5.74) is 3.14. The van der Waals surface area contributed by atoms with Crippen LogP contribution < -0.4 is 10.6 Å². The summed E-state index contributed by atoms with van der Waals surface area (Å²) >= 11 is 3.21. The fraction of sp³-hybridized carbons (Fsp3) is 0.273. The summed E-state index contributed by atoms with van der Waals surface area (Å²) in [6, 6.07) is 13.8. The number of hydrogen-bond acceptors (Lipinski definition) is 6. The van der Waals surface area contributed by atoms with Crippen molar-refractivity contribution in [2.45, 2.75) is 29.4 Å². The van der Waals surface area contributed by atoms with E-state index in [4.69, 9.17) is 0 Å². The molecule has 0 bridgehead atoms. The van der Waals surface area contributed by atoms with Crippen LogP contribution in [0.15, 0.2) is 59.8 Å². The zero-order valence-corrected chi connectivity index (χ0v) is 18.5. The van der Waals surface area contributed by atoms with Crippen molar-refractivity contribution in [3.05, 3.63) is 71.7 Å². The lowest BCUT2D eigenvalue weighted by atomic mass is 10.1. The average molecular weight is 454 g/mol. The molecule has 1 aliphatic rings. The van der Waals surface area contributed by atoms with Crippen LogP contribution in [-0.4, -0.2) is 38.9 Å². The zero-order chi connectivity index (χ0) is 21.5. The Morgan fingerprint density at radius 1 is 1.06 bits per heavy atom. The van der Waals surface area contributed by atoms with Crippen molar-refractivity contribution in [3.63, 3.8) is 0 Å². The number of nitrogens with one attached hydrogen (secondary N) is 2. The van der Waals surface area contributed by atoms with E-state index in [9.17, 15) is 9.59 Å². The first-order valence-electron chi connectivity index (χ1n) is 9.98. The van der Waals surface area contributed by atoms with E-state index in [2.05, 4.69) is 20.7 Å². The summed E-state index contributed by atoms with van der Waals surface area (Å²) in [5.74, 6) is 2.27. The van der Waals surface area contributed by atoms with Gasteiger partial charge in [-0.15, -0.1) is 11.8 Å². The summed E-state index contributed by atoms with van der Waals surface area (Å²) in [6.45, 7) is 0.642. The molecular weight excluding hydrogens is 430 g/mol. The largest absolute Gasteiger partial charge is 0.354 e. The van der Waals surface area contributed by atoms with Crippen LogP contribution in [0.2, 0.25) is 0 Å². The van der Waals surface area contributed by atoms with E-state index in [-0.39, 0.29) is 24.1 Å². The molecule has 0 saturated carbocycles. The van der Waals surface area contributed by atoms with Crippen LogP contribution in [0.25, 0.3) is 0 Å². The Morgan fingerprint density at radius 2 is 1.87 bits per heavy atom. The number of fused-ring (bicyclic) bond motifs is 1. The Hall–Kier alpha value is -2.78. The van der Waals surface area contributed by atoms with Crippen molar-refractivity contribution in [1.82, 2.24) is 20.1 Å². The Morgan fingerprint density at radius 3 is 2.68 bits per heavy atom. The van der Waals surface area contributed by atoms with Crippen molar-refractivity contribution in [2.75, 3.05) is 17.6 Å². The maximum Gasteiger partial charge on any atom is 0.241 e. The third kappa shape index (κ3) is 5.89. The summed E-state index contributed by atoms with van der Waals surface area (Å²) in [7, 11) is 0. The minimum absolute atomic E-state index is 0.0829. The highest BCUT2D eigenvalue weighted by Crippen LogP contribution is 2.34. The molecule has 3 heterocycles. The molecule has 2 aromatic heterocycles. The van der Waals surface area contributed by atoms with Gasteiger partial charge >= 0.3 is 0 Å². The van der Waals surface area contributed by atoms with Gasteiger partial charge < -0.3 is 10.6 Å². The normalized spacial score (nSPS) is 12.4. The van der Waals surface area contributed by atoms with Crippen molar-refractivity contribution in [2.24, 2.45) is 0 Å². The van der Waals surface area contributed by atoms with Gasteiger partial charge in [-0.05, 0) is 24.1 Å². The highest BCUT2D eigenvalue weighted by atomic mass is 32.2. The second kappa shape index (κ2) is 10.5. The number of rotatable bonds is 9. The maximum atomic E-state index is 12.6. The molecule has 3 aromatic rings. The van der Waals surface area contributed by atoms with Crippen LogP contribution in [0.4, 0.5) is 5.82 Å². The fourth-order valence-corrected chi connectivity index (χ4v) is 4.97. The number of thioether (sulfide) groups is 2. The Bertz CT molecular complexity index is 1040. The summed E-state index contributed by atoms with van der Waals surface area (Å²) in [4.78, 5) is 30.0. The SMILES string of the molecule is O=C(Cn1nc2c(c1NC(=O)CSc1ccncc1)CSC2)NCCc1ccccc1. The molecular formula is C22H23N5O2S2. The lowest BCUT2D eigenvalue weighted by Crippen LogP contribution is -2.30. The second-order valence-corrected chi connectivity index (χ2v) is 9.06. The van der Waals surface area contributed by atoms with Crippen molar-refractivity contribution in [1.29, 1.82) is 0 Å². The first-order chi connectivity index (χ1) is 15.2. The van der Waals surface area contributed by atoms with Crippen molar-refractivity contribution in [3.8, 4) is 0 Å². The molecule has 2 N–H and O–H groups in total. The van der Waals surface area contributed by atoms with E-state index in [1.807, 2.05) is 42.5 Å². The molecule has 160 valence electrons. The fourth-order valence-electron chi connectivity index (χ4n) is 3.25. The van der Waals surface area contributed by atoms with Gasteiger partial charge in [-0.1, -0.05) is 30.3 Å². The van der Waals surface area contributed by atoms with E-state index in [0.717, 1.165) is 34.1 Å². The second-order valence-electron chi connectivity index (χ2n) is 7.03. The number of carbonyl (C=O) groups excluding carboxylic acids is 2. The Labute approximate surface area is 189 Å². The zero-order valence-electron chi connectivity index (χ0n) is 16.9. The van der Waals surface area contributed by atoms with Gasteiger partial charge in [0.2, 0.25) is 11.8 Å². The topological polar surface area (TPSA) is 88.9 Å². The standard InChI is InChI=1S/C22H23N5O2S2/c28-20(24-11-6-16-4-2-1-3-5-16)12-27-22(18-13-30-14-19(18)26-27)25-21(29)15-31-17-7-9-23-10-8-17/h1-5,7-10H,6,11-15H2,(H,24,28)(H,25,29). The van der Waals surface area contributed by atoms with E-state index in [0.29, 0.717) is 12.4 Å². The highest BCUT2D eigenvalue weighted by Gasteiger charge is 2.24. The smallest absolute Gasteiger partial charge is 0.241 e. The summed E-state index contributed by atoms with van der Waals surface area (Å²) in [6.07, 6.45) is 4.18.